The molecule has 0 unspecified atom stereocenters. The van der Waals surface area contributed by atoms with Gasteiger partial charge in [-0.2, -0.15) is 0 Å². The molecule has 1 N–H and O–H groups in total. The first kappa shape index (κ1) is 23.9. The topological polar surface area (TPSA) is 75.7 Å². The lowest BCUT2D eigenvalue weighted by atomic mass is 10.0. The number of rotatable bonds is 5. The average molecular weight is 584 g/mol. The third-order valence-electron chi connectivity index (χ3n) is 5.27. The standard InChI is InChI=1S/C26H20Br2N2O4/c1-15-3-9-22(16(2)11-15)30-25(32)20(24(31)29-26(30)33)12-18-6-10-23(21(28)13-18)34-14-17-4-7-19(27)8-5-17/h3-13H,14H2,1-2H3,(H,29,31,33)/b20-12+. The minimum absolute atomic E-state index is 0.130. The molecule has 34 heavy (non-hydrogen) atoms. The zero-order valence-electron chi connectivity index (χ0n) is 18.4. The third-order valence-corrected chi connectivity index (χ3v) is 6.42. The molecule has 0 atom stereocenters. The van der Waals surface area contributed by atoms with E-state index in [0.717, 1.165) is 26.1 Å². The van der Waals surface area contributed by atoms with Gasteiger partial charge in [-0.3, -0.25) is 14.9 Å². The molecule has 6 nitrogen and oxygen atoms in total. The first-order valence-corrected chi connectivity index (χ1v) is 12.0. The molecule has 8 heteroatoms. The number of carbonyl (C=O) groups excluding carboxylic acids is 3. The lowest BCUT2D eigenvalue weighted by Crippen LogP contribution is -2.54. The van der Waals surface area contributed by atoms with Gasteiger partial charge in [-0.15, -0.1) is 0 Å². The Labute approximate surface area is 213 Å². The summed E-state index contributed by atoms with van der Waals surface area (Å²) in [6, 6.07) is 17.7. The number of nitrogens with one attached hydrogen (secondary N) is 1. The Morgan fingerprint density at radius 2 is 1.68 bits per heavy atom. The van der Waals surface area contributed by atoms with Crippen LogP contribution in [0.25, 0.3) is 6.08 Å². The summed E-state index contributed by atoms with van der Waals surface area (Å²) >= 11 is 6.90. The van der Waals surface area contributed by atoms with Crippen molar-refractivity contribution in [2.24, 2.45) is 0 Å². The van der Waals surface area contributed by atoms with Gasteiger partial charge in [-0.05, 0) is 82.9 Å². The lowest BCUT2D eigenvalue weighted by molar-refractivity contribution is -0.122. The van der Waals surface area contributed by atoms with E-state index in [1.54, 1.807) is 24.3 Å². The molecule has 1 fully saturated rings. The van der Waals surface area contributed by atoms with E-state index < -0.39 is 17.8 Å². The van der Waals surface area contributed by atoms with Crippen molar-refractivity contribution in [3.05, 3.63) is 97.4 Å². The molecule has 1 aliphatic heterocycles. The molecule has 0 aromatic heterocycles. The van der Waals surface area contributed by atoms with E-state index >= 15 is 0 Å². The van der Waals surface area contributed by atoms with Crippen LogP contribution >= 0.6 is 31.9 Å². The summed E-state index contributed by atoms with van der Waals surface area (Å²) in [6.45, 7) is 4.13. The first-order chi connectivity index (χ1) is 16.2. The molecule has 1 aliphatic rings. The molecule has 3 aromatic carbocycles. The number of ether oxygens (including phenoxy) is 1. The fourth-order valence-corrected chi connectivity index (χ4v) is 4.34. The summed E-state index contributed by atoms with van der Waals surface area (Å²) < 4.78 is 7.55. The van der Waals surface area contributed by atoms with Gasteiger partial charge in [-0.25, -0.2) is 9.69 Å². The summed E-state index contributed by atoms with van der Waals surface area (Å²) in [5.41, 5.74) is 3.69. The minimum atomic E-state index is -0.767. The second kappa shape index (κ2) is 9.95. The molecule has 0 radical (unpaired) electrons. The summed E-state index contributed by atoms with van der Waals surface area (Å²) in [6.07, 6.45) is 1.46. The number of hydrogen-bond donors (Lipinski definition) is 1. The predicted molar refractivity (Wildman–Crippen MR) is 138 cm³/mol. The normalized spacial score (nSPS) is 15.0. The summed E-state index contributed by atoms with van der Waals surface area (Å²) in [5.74, 6) is -0.785. The number of imide groups is 2. The number of barbiturate groups is 1. The van der Waals surface area contributed by atoms with Crippen molar-refractivity contribution in [2.75, 3.05) is 4.90 Å². The zero-order valence-corrected chi connectivity index (χ0v) is 21.6. The number of nitrogens with zero attached hydrogens (tertiary/aromatic N) is 1. The molecule has 172 valence electrons. The molecular formula is C26H20Br2N2O4. The van der Waals surface area contributed by atoms with Crippen LogP contribution in [0.15, 0.2) is 75.2 Å². The number of amides is 4. The number of hydrogen-bond acceptors (Lipinski definition) is 4. The highest BCUT2D eigenvalue weighted by molar-refractivity contribution is 9.10. The maximum absolute atomic E-state index is 13.2. The molecule has 0 aliphatic carbocycles. The maximum atomic E-state index is 13.2. The third kappa shape index (κ3) is 5.13. The van der Waals surface area contributed by atoms with Crippen molar-refractivity contribution < 1.29 is 19.1 Å². The van der Waals surface area contributed by atoms with Crippen molar-refractivity contribution in [3.8, 4) is 5.75 Å². The Hall–Kier alpha value is -3.23. The van der Waals surface area contributed by atoms with Crippen LogP contribution in [0.4, 0.5) is 10.5 Å². The van der Waals surface area contributed by atoms with Crippen LogP contribution in [0.3, 0.4) is 0 Å². The Bertz CT molecular complexity index is 1330. The van der Waals surface area contributed by atoms with Gasteiger partial charge in [0.25, 0.3) is 11.8 Å². The van der Waals surface area contributed by atoms with E-state index in [-0.39, 0.29) is 5.57 Å². The Morgan fingerprint density at radius 3 is 2.35 bits per heavy atom. The van der Waals surface area contributed by atoms with Crippen LogP contribution in [0.5, 0.6) is 5.75 Å². The molecule has 4 rings (SSSR count). The van der Waals surface area contributed by atoms with Gasteiger partial charge >= 0.3 is 6.03 Å². The fourth-order valence-electron chi connectivity index (χ4n) is 3.56. The Kier molecular flexibility index (Phi) is 7.00. The van der Waals surface area contributed by atoms with Gasteiger partial charge in [-0.1, -0.05) is 51.8 Å². The molecule has 1 heterocycles. The number of benzene rings is 3. The molecule has 4 amide bonds. The Balaban J connectivity index is 1.57. The summed E-state index contributed by atoms with van der Waals surface area (Å²) in [4.78, 5) is 39.1. The van der Waals surface area contributed by atoms with Gasteiger partial charge in [0.2, 0.25) is 0 Å². The minimum Gasteiger partial charge on any atom is -0.488 e. The number of carbonyl (C=O) groups is 3. The second-order valence-electron chi connectivity index (χ2n) is 7.85. The quantitative estimate of drug-likeness (QED) is 0.292. The second-order valence-corrected chi connectivity index (χ2v) is 9.62. The highest BCUT2D eigenvalue weighted by Gasteiger charge is 2.37. The van der Waals surface area contributed by atoms with E-state index in [1.807, 2.05) is 50.2 Å². The van der Waals surface area contributed by atoms with Crippen LogP contribution in [-0.4, -0.2) is 17.8 Å². The largest absolute Gasteiger partial charge is 0.488 e. The number of halogens is 2. The Morgan fingerprint density at radius 1 is 0.941 bits per heavy atom. The van der Waals surface area contributed by atoms with E-state index in [4.69, 9.17) is 4.74 Å². The van der Waals surface area contributed by atoms with Crippen molar-refractivity contribution in [2.45, 2.75) is 20.5 Å². The van der Waals surface area contributed by atoms with Crippen molar-refractivity contribution in [1.82, 2.24) is 5.32 Å². The molecule has 3 aromatic rings. The van der Waals surface area contributed by atoms with Crippen molar-refractivity contribution in [1.29, 1.82) is 0 Å². The van der Waals surface area contributed by atoms with Crippen LogP contribution in [0.1, 0.15) is 22.3 Å². The van der Waals surface area contributed by atoms with Gasteiger partial charge in [0.05, 0.1) is 10.2 Å². The highest BCUT2D eigenvalue weighted by Crippen LogP contribution is 2.30. The van der Waals surface area contributed by atoms with Crippen LogP contribution in [-0.2, 0) is 16.2 Å². The molecule has 0 bridgehead atoms. The van der Waals surface area contributed by atoms with Crippen LogP contribution in [0, 0.1) is 13.8 Å². The van der Waals surface area contributed by atoms with Gasteiger partial charge in [0, 0.05) is 4.47 Å². The van der Waals surface area contributed by atoms with Gasteiger partial charge < -0.3 is 4.74 Å². The predicted octanol–water partition coefficient (Wildman–Crippen LogP) is 6.07. The van der Waals surface area contributed by atoms with Crippen LogP contribution < -0.4 is 15.0 Å². The van der Waals surface area contributed by atoms with Gasteiger partial charge in [0.15, 0.2) is 0 Å². The van der Waals surface area contributed by atoms with Gasteiger partial charge in [0.1, 0.15) is 17.9 Å². The number of urea groups is 1. The summed E-state index contributed by atoms with van der Waals surface area (Å²) in [5, 5.41) is 2.26. The van der Waals surface area contributed by atoms with Crippen LogP contribution in [0.2, 0.25) is 0 Å². The molecular weight excluding hydrogens is 564 g/mol. The zero-order chi connectivity index (χ0) is 24.4. The number of anilines is 1. The van der Waals surface area contributed by atoms with Crippen molar-refractivity contribution in [3.63, 3.8) is 0 Å². The highest BCUT2D eigenvalue weighted by atomic mass is 79.9. The maximum Gasteiger partial charge on any atom is 0.335 e. The first-order valence-electron chi connectivity index (χ1n) is 10.4. The van der Waals surface area contributed by atoms with E-state index in [2.05, 4.69) is 37.2 Å². The fraction of sp³-hybridized carbons (Fsp3) is 0.115. The molecule has 0 saturated carbocycles. The van der Waals surface area contributed by atoms with Crippen molar-refractivity contribution >= 4 is 61.5 Å². The smallest absolute Gasteiger partial charge is 0.335 e. The monoisotopic (exact) mass is 582 g/mol. The van der Waals surface area contributed by atoms with E-state index in [0.29, 0.717) is 28.1 Å². The van der Waals surface area contributed by atoms with E-state index in [1.165, 1.54) is 6.08 Å². The lowest BCUT2D eigenvalue weighted by Gasteiger charge is -2.27. The van der Waals surface area contributed by atoms with E-state index in [9.17, 15) is 14.4 Å². The number of aryl methyl sites for hydroxylation is 2. The molecule has 1 saturated heterocycles. The average Bonchev–Trinajstić information content (AvgIpc) is 2.78. The summed E-state index contributed by atoms with van der Waals surface area (Å²) in [7, 11) is 0. The SMILES string of the molecule is Cc1ccc(N2C(=O)NC(=O)/C(=C\c3ccc(OCc4ccc(Br)cc4)c(Br)c3)C2=O)c(C)c1. The molecule has 0 spiro atoms.